The van der Waals surface area contributed by atoms with Gasteiger partial charge in [0.2, 0.25) is 0 Å². The Hall–Kier alpha value is -1.15. The number of rotatable bonds is 3. The molecule has 1 aliphatic rings. The van der Waals surface area contributed by atoms with Crippen LogP contribution >= 0.6 is 39.1 Å². The van der Waals surface area contributed by atoms with Crippen LogP contribution in [0.4, 0.5) is 5.69 Å². The van der Waals surface area contributed by atoms with Crippen molar-refractivity contribution in [2.45, 2.75) is 4.90 Å². The average Bonchev–Trinajstić information content (AvgIpc) is 2.50. The lowest BCUT2D eigenvalue weighted by Gasteiger charge is -2.20. The van der Waals surface area contributed by atoms with E-state index in [1.54, 1.807) is 12.1 Å². The maximum atomic E-state index is 12.5. The minimum Gasteiger partial charge on any atom is -0.486 e. The second-order valence-corrected chi connectivity index (χ2v) is 8.01. The predicted molar refractivity (Wildman–Crippen MR) is 92.4 cm³/mol. The van der Waals surface area contributed by atoms with Gasteiger partial charge in [0.15, 0.2) is 11.5 Å². The highest BCUT2D eigenvalue weighted by Crippen LogP contribution is 2.39. The van der Waals surface area contributed by atoms with Gasteiger partial charge in [-0.1, -0.05) is 23.2 Å². The lowest BCUT2D eigenvalue weighted by atomic mass is 10.2. The molecule has 0 radical (unpaired) electrons. The number of halogens is 3. The lowest BCUT2D eigenvalue weighted by molar-refractivity contribution is 0.171. The number of benzene rings is 2. The van der Waals surface area contributed by atoms with Crippen LogP contribution in [0.25, 0.3) is 0 Å². The normalized spacial score (nSPS) is 13.7. The Morgan fingerprint density at radius 2 is 1.65 bits per heavy atom. The van der Waals surface area contributed by atoms with E-state index in [-0.39, 0.29) is 14.9 Å². The van der Waals surface area contributed by atoms with E-state index in [0.29, 0.717) is 34.9 Å². The van der Waals surface area contributed by atoms with E-state index in [0.717, 1.165) is 0 Å². The van der Waals surface area contributed by atoms with Crippen molar-refractivity contribution in [2.75, 3.05) is 17.9 Å². The molecule has 5 nitrogen and oxygen atoms in total. The summed E-state index contributed by atoms with van der Waals surface area (Å²) in [6.45, 7) is 0.863. The third kappa shape index (κ3) is 3.52. The SMILES string of the molecule is O=S(=O)(Nc1cc2c(cc1Br)OCCO2)c1ccc(Cl)c(Cl)c1. The molecule has 0 amide bonds. The van der Waals surface area contributed by atoms with E-state index in [9.17, 15) is 8.42 Å². The van der Waals surface area contributed by atoms with Crippen LogP contribution in [0.2, 0.25) is 10.0 Å². The molecule has 9 heteroatoms. The molecular formula is C14H10BrCl2NO4S. The molecule has 0 aliphatic carbocycles. The summed E-state index contributed by atoms with van der Waals surface area (Å²) in [7, 11) is -3.82. The summed E-state index contributed by atoms with van der Waals surface area (Å²) >= 11 is 15.0. The first kappa shape index (κ1) is 16.7. The predicted octanol–water partition coefficient (Wildman–Crippen LogP) is 4.33. The smallest absolute Gasteiger partial charge is 0.261 e. The van der Waals surface area contributed by atoms with Crippen LogP contribution < -0.4 is 14.2 Å². The molecule has 0 bridgehead atoms. The first-order chi connectivity index (χ1) is 10.9. The van der Waals surface area contributed by atoms with Crippen molar-refractivity contribution in [1.29, 1.82) is 0 Å². The van der Waals surface area contributed by atoms with Gasteiger partial charge in [-0.05, 0) is 34.1 Å². The van der Waals surface area contributed by atoms with Crippen molar-refractivity contribution < 1.29 is 17.9 Å². The summed E-state index contributed by atoms with van der Waals surface area (Å²) in [6, 6.07) is 7.31. The van der Waals surface area contributed by atoms with Gasteiger partial charge in [0, 0.05) is 16.6 Å². The summed E-state index contributed by atoms with van der Waals surface area (Å²) in [5.74, 6) is 1.03. The standard InChI is InChI=1S/C14H10BrCl2NO4S/c15-9-6-13-14(22-4-3-21-13)7-12(9)18-23(19,20)8-1-2-10(16)11(17)5-8/h1-2,5-7,18H,3-4H2. The van der Waals surface area contributed by atoms with E-state index in [1.165, 1.54) is 18.2 Å². The minimum absolute atomic E-state index is 0.00805. The van der Waals surface area contributed by atoms with Gasteiger partial charge < -0.3 is 9.47 Å². The van der Waals surface area contributed by atoms with Gasteiger partial charge in [-0.2, -0.15) is 0 Å². The van der Waals surface area contributed by atoms with Crippen LogP contribution in [-0.4, -0.2) is 21.6 Å². The van der Waals surface area contributed by atoms with Crippen LogP contribution in [0.5, 0.6) is 11.5 Å². The van der Waals surface area contributed by atoms with E-state index < -0.39 is 10.0 Å². The van der Waals surface area contributed by atoms with Crippen molar-refractivity contribution in [3.63, 3.8) is 0 Å². The Kier molecular flexibility index (Phi) is 4.64. The molecule has 2 aromatic carbocycles. The van der Waals surface area contributed by atoms with Gasteiger partial charge in [0.25, 0.3) is 10.0 Å². The van der Waals surface area contributed by atoms with Crippen LogP contribution in [0.3, 0.4) is 0 Å². The van der Waals surface area contributed by atoms with Crippen molar-refractivity contribution in [3.05, 3.63) is 44.8 Å². The highest BCUT2D eigenvalue weighted by molar-refractivity contribution is 9.10. The van der Waals surface area contributed by atoms with E-state index in [1.807, 2.05) is 0 Å². The van der Waals surface area contributed by atoms with Crippen LogP contribution in [0, 0.1) is 0 Å². The zero-order valence-electron chi connectivity index (χ0n) is 11.5. The Morgan fingerprint density at radius 3 is 2.30 bits per heavy atom. The summed E-state index contributed by atoms with van der Waals surface area (Å²) < 4.78 is 38.9. The fourth-order valence-corrected chi connectivity index (χ4v) is 4.00. The van der Waals surface area contributed by atoms with Crippen molar-refractivity contribution in [3.8, 4) is 11.5 Å². The molecule has 0 fully saturated rings. The number of hydrogen-bond acceptors (Lipinski definition) is 4. The average molecular weight is 439 g/mol. The second kappa shape index (κ2) is 6.39. The molecule has 1 heterocycles. The topological polar surface area (TPSA) is 64.6 Å². The first-order valence-corrected chi connectivity index (χ1v) is 9.47. The molecule has 23 heavy (non-hydrogen) atoms. The summed E-state index contributed by atoms with van der Waals surface area (Å²) in [5.41, 5.74) is 0.334. The highest BCUT2D eigenvalue weighted by Gasteiger charge is 2.20. The Morgan fingerprint density at radius 1 is 1.00 bits per heavy atom. The number of ether oxygens (including phenoxy) is 2. The number of sulfonamides is 1. The zero-order chi connectivity index (χ0) is 16.6. The maximum absolute atomic E-state index is 12.5. The van der Waals surface area contributed by atoms with E-state index in [2.05, 4.69) is 20.7 Å². The Bertz CT molecular complexity index is 873. The monoisotopic (exact) mass is 437 g/mol. The number of anilines is 1. The number of hydrogen-bond donors (Lipinski definition) is 1. The third-order valence-corrected chi connectivity index (χ3v) is 5.84. The highest BCUT2D eigenvalue weighted by atomic mass is 79.9. The lowest BCUT2D eigenvalue weighted by Crippen LogP contribution is -2.17. The van der Waals surface area contributed by atoms with Crippen molar-refractivity contribution in [1.82, 2.24) is 0 Å². The fourth-order valence-electron chi connectivity index (χ4n) is 1.99. The molecule has 0 atom stereocenters. The molecule has 3 rings (SSSR count). The number of fused-ring (bicyclic) bond motifs is 1. The molecule has 1 aliphatic heterocycles. The van der Waals surface area contributed by atoms with Gasteiger partial charge in [0.05, 0.1) is 20.6 Å². The maximum Gasteiger partial charge on any atom is 0.261 e. The molecule has 2 aromatic rings. The molecule has 0 spiro atoms. The Balaban J connectivity index is 1.95. The molecule has 122 valence electrons. The van der Waals surface area contributed by atoms with E-state index in [4.69, 9.17) is 32.7 Å². The van der Waals surface area contributed by atoms with Crippen LogP contribution in [0.15, 0.2) is 39.7 Å². The molecule has 0 saturated heterocycles. The minimum atomic E-state index is -3.82. The van der Waals surface area contributed by atoms with Crippen LogP contribution in [-0.2, 0) is 10.0 Å². The van der Waals surface area contributed by atoms with Crippen LogP contribution in [0.1, 0.15) is 0 Å². The summed E-state index contributed by atoms with van der Waals surface area (Å²) in [5, 5.41) is 0.446. The summed E-state index contributed by atoms with van der Waals surface area (Å²) in [4.78, 5) is 0.00805. The van der Waals surface area contributed by atoms with Gasteiger partial charge in [-0.25, -0.2) is 8.42 Å². The Labute approximate surface area is 151 Å². The summed E-state index contributed by atoms with van der Waals surface area (Å²) in [6.07, 6.45) is 0. The molecule has 0 saturated carbocycles. The van der Waals surface area contributed by atoms with Gasteiger partial charge in [-0.3, -0.25) is 4.72 Å². The molecule has 1 N–H and O–H groups in total. The number of nitrogens with one attached hydrogen (secondary N) is 1. The molecule has 0 aromatic heterocycles. The zero-order valence-corrected chi connectivity index (χ0v) is 15.4. The van der Waals surface area contributed by atoms with Crippen molar-refractivity contribution >= 4 is 54.8 Å². The molecule has 0 unspecified atom stereocenters. The molecular weight excluding hydrogens is 429 g/mol. The van der Waals surface area contributed by atoms with E-state index >= 15 is 0 Å². The first-order valence-electron chi connectivity index (χ1n) is 6.44. The largest absolute Gasteiger partial charge is 0.486 e. The van der Waals surface area contributed by atoms with Gasteiger partial charge in [-0.15, -0.1) is 0 Å². The van der Waals surface area contributed by atoms with Gasteiger partial charge in [0.1, 0.15) is 13.2 Å². The fraction of sp³-hybridized carbons (Fsp3) is 0.143. The second-order valence-electron chi connectivity index (χ2n) is 4.66. The quantitative estimate of drug-likeness (QED) is 0.774. The third-order valence-electron chi connectivity index (χ3n) is 3.08. The van der Waals surface area contributed by atoms with Gasteiger partial charge >= 0.3 is 0 Å². The van der Waals surface area contributed by atoms with Crippen molar-refractivity contribution in [2.24, 2.45) is 0 Å².